The topological polar surface area (TPSA) is 95.9 Å². The van der Waals surface area contributed by atoms with Crippen molar-refractivity contribution in [2.75, 3.05) is 13.2 Å². The van der Waals surface area contributed by atoms with E-state index in [1.165, 1.54) is 327 Å². The first-order valence-electron chi connectivity index (χ1n) is 36.1. The van der Waals surface area contributed by atoms with Crippen LogP contribution in [0.15, 0.2) is 24.3 Å². The second kappa shape index (κ2) is 68.8. The summed E-state index contributed by atoms with van der Waals surface area (Å²) < 4.78 is 5.48. The van der Waals surface area contributed by atoms with Crippen LogP contribution >= 0.6 is 0 Å². The number of esters is 1. The number of carbonyl (C=O) groups excluding carboxylic acids is 2. The lowest BCUT2D eigenvalue weighted by atomic mass is 10.0. The van der Waals surface area contributed by atoms with Gasteiger partial charge in [-0.2, -0.15) is 0 Å². The molecule has 3 N–H and O–H groups in total. The lowest BCUT2D eigenvalue weighted by Gasteiger charge is -2.22. The molecule has 0 spiro atoms. The SMILES string of the molecule is CCCCCC/C=C\CCCCCCCC(=O)OCCCCCCCCCCCCCC/C=C\CCCCCCCCCCCC(=O)NC(CO)C(O)CCCCCCCCCCCCCCCCCCCCCCCCCC. The standard InChI is InChI=1S/C73H141NO5/c1-3-5-7-9-11-13-15-17-18-19-20-21-22-26-29-32-35-38-42-45-49-53-57-61-65-71(76)70(69-75)74-72(77)66-62-58-54-50-46-43-39-36-33-30-27-24-23-25-28-31-34-37-40-44-48-52-56-60-64-68-79-73(78)67-63-59-55-51-47-41-16-14-12-10-8-6-4-2/h14,16,24,27,70-71,75-76H,3-13,15,17-23,25-26,28-69H2,1-2H3,(H,74,77)/b16-14-,27-24-. The molecule has 0 saturated heterocycles. The van der Waals surface area contributed by atoms with Crippen LogP contribution in [-0.2, 0) is 14.3 Å². The average molecular weight is 1110 g/mol. The third kappa shape index (κ3) is 65.4. The highest BCUT2D eigenvalue weighted by Gasteiger charge is 2.20. The molecule has 0 aliphatic carbocycles. The normalized spacial score (nSPS) is 12.6. The molecule has 0 heterocycles. The van der Waals surface area contributed by atoms with Crippen molar-refractivity contribution in [1.82, 2.24) is 5.32 Å². The molecule has 79 heavy (non-hydrogen) atoms. The van der Waals surface area contributed by atoms with Gasteiger partial charge in [-0.1, -0.05) is 340 Å². The van der Waals surface area contributed by atoms with Crippen LogP contribution < -0.4 is 5.32 Å². The first-order valence-corrected chi connectivity index (χ1v) is 36.1. The zero-order valence-corrected chi connectivity index (χ0v) is 53.6. The van der Waals surface area contributed by atoms with E-state index in [0.717, 1.165) is 44.9 Å². The van der Waals surface area contributed by atoms with Gasteiger partial charge in [-0.25, -0.2) is 0 Å². The lowest BCUT2D eigenvalue weighted by Crippen LogP contribution is -2.45. The van der Waals surface area contributed by atoms with Gasteiger partial charge in [0.1, 0.15) is 0 Å². The Bertz CT molecular complexity index is 1230. The summed E-state index contributed by atoms with van der Waals surface area (Å²) in [6.07, 6.45) is 86.6. The van der Waals surface area contributed by atoms with Crippen molar-refractivity contribution in [1.29, 1.82) is 0 Å². The zero-order valence-electron chi connectivity index (χ0n) is 53.6. The maximum atomic E-state index is 12.6. The number of rotatable bonds is 68. The molecule has 0 bridgehead atoms. The summed E-state index contributed by atoms with van der Waals surface area (Å²) in [5, 5.41) is 23.4. The second-order valence-electron chi connectivity index (χ2n) is 24.9. The van der Waals surface area contributed by atoms with Gasteiger partial charge in [0.2, 0.25) is 5.91 Å². The fourth-order valence-electron chi connectivity index (χ4n) is 11.5. The van der Waals surface area contributed by atoms with Gasteiger partial charge in [0.15, 0.2) is 0 Å². The van der Waals surface area contributed by atoms with Crippen molar-refractivity contribution in [2.45, 2.75) is 418 Å². The summed E-state index contributed by atoms with van der Waals surface area (Å²) >= 11 is 0. The minimum Gasteiger partial charge on any atom is -0.466 e. The number of hydrogen-bond acceptors (Lipinski definition) is 5. The molecule has 0 radical (unpaired) electrons. The molecule has 0 aromatic carbocycles. The summed E-state index contributed by atoms with van der Waals surface area (Å²) in [6, 6.07) is -0.545. The molecule has 0 aliphatic heterocycles. The lowest BCUT2D eigenvalue weighted by molar-refractivity contribution is -0.143. The Morgan fingerprint density at radius 1 is 0.342 bits per heavy atom. The monoisotopic (exact) mass is 1110 g/mol. The number of aliphatic hydroxyl groups excluding tert-OH is 2. The average Bonchev–Trinajstić information content (AvgIpc) is 3.45. The predicted octanol–water partition coefficient (Wildman–Crippen LogP) is 23.3. The first-order chi connectivity index (χ1) is 39.0. The molecular weight excluding hydrogens is 971 g/mol. The fraction of sp³-hybridized carbons (Fsp3) is 0.918. The largest absolute Gasteiger partial charge is 0.466 e. The summed E-state index contributed by atoms with van der Waals surface area (Å²) in [5.41, 5.74) is 0. The minimum atomic E-state index is -0.668. The summed E-state index contributed by atoms with van der Waals surface area (Å²) in [6.45, 7) is 4.97. The number of ether oxygens (including phenoxy) is 1. The van der Waals surface area contributed by atoms with E-state index in [1.807, 2.05) is 0 Å². The molecule has 2 unspecified atom stereocenters. The van der Waals surface area contributed by atoms with Gasteiger partial charge in [0.25, 0.3) is 0 Å². The number of unbranched alkanes of at least 4 members (excludes halogenated alkanes) is 53. The highest BCUT2D eigenvalue weighted by Crippen LogP contribution is 2.19. The second-order valence-corrected chi connectivity index (χ2v) is 24.9. The third-order valence-electron chi connectivity index (χ3n) is 17.0. The maximum Gasteiger partial charge on any atom is 0.305 e. The van der Waals surface area contributed by atoms with Crippen LogP contribution in [0.5, 0.6) is 0 Å². The summed E-state index contributed by atoms with van der Waals surface area (Å²) in [4.78, 5) is 24.6. The van der Waals surface area contributed by atoms with Crippen molar-refractivity contribution in [3.63, 3.8) is 0 Å². The van der Waals surface area contributed by atoms with Crippen LogP contribution in [-0.4, -0.2) is 47.4 Å². The smallest absolute Gasteiger partial charge is 0.305 e. The molecule has 0 aromatic heterocycles. The number of carbonyl (C=O) groups is 2. The van der Waals surface area contributed by atoms with Crippen molar-refractivity contribution < 1.29 is 24.5 Å². The Balaban J connectivity index is 3.40. The molecule has 0 rings (SSSR count). The van der Waals surface area contributed by atoms with Crippen LogP contribution in [0.2, 0.25) is 0 Å². The van der Waals surface area contributed by atoms with Crippen LogP contribution in [0.3, 0.4) is 0 Å². The predicted molar refractivity (Wildman–Crippen MR) is 347 cm³/mol. The van der Waals surface area contributed by atoms with Crippen molar-refractivity contribution in [2.24, 2.45) is 0 Å². The zero-order chi connectivity index (χ0) is 57.1. The number of hydrogen-bond donors (Lipinski definition) is 3. The Morgan fingerprint density at radius 3 is 0.911 bits per heavy atom. The Labute approximate surface area is 494 Å². The maximum absolute atomic E-state index is 12.6. The molecule has 0 saturated carbocycles. The molecule has 6 heteroatoms. The quantitative estimate of drug-likeness (QED) is 0.0320. The Kier molecular flexibility index (Phi) is 67.4. The highest BCUT2D eigenvalue weighted by atomic mass is 16.5. The molecule has 0 fully saturated rings. The summed E-state index contributed by atoms with van der Waals surface area (Å²) in [5.74, 6) is -0.0282. The van der Waals surface area contributed by atoms with E-state index in [0.29, 0.717) is 25.9 Å². The molecule has 0 aliphatic rings. The third-order valence-corrected chi connectivity index (χ3v) is 17.0. The van der Waals surface area contributed by atoms with E-state index in [2.05, 4.69) is 43.5 Å². The summed E-state index contributed by atoms with van der Waals surface area (Å²) in [7, 11) is 0. The van der Waals surface area contributed by atoms with Gasteiger partial charge in [-0.05, 0) is 77.0 Å². The number of amides is 1. The minimum absolute atomic E-state index is 0.00507. The highest BCUT2D eigenvalue weighted by molar-refractivity contribution is 5.76. The van der Waals surface area contributed by atoms with Crippen molar-refractivity contribution >= 4 is 11.9 Å². The number of allylic oxidation sites excluding steroid dienone is 4. The van der Waals surface area contributed by atoms with Gasteiger partial charge in [-0.3, -0.25) is 9.59 Å². The van der Waals surface area contributed by atoms with E-state index in [1.54, 1.807) is 0 Å². The molecule has 2 atom stereocenters. The van der Waals surface area contributed by atoms with Crippen LogP contribution in [0.4, 0.5) is 0 Å². The van der Waals surface area contributed by atoms with Gasteiger partial charge >= 0.3 is 5.97 Å². The Morgan fingerprint density at radius 2 is 0.595 bits per heavy atom. The molecule has 1 amide bonds. The molecule has 468 valence electrons. The number of aliphatic hydroxyl groups is 2. The van der Waals surface area contributed by atoms with E-state index in [-0.39, 0.29) is 18.5 Å². The van der Waals surface area contributed by atoms with Gasteiger partial charge in [-0.15, -0.1) is 0 Å². The number of nitrogens with one attached hydrogen (secondary N) is 1. The molecule has 0 aromatic rings. The molecular formula is C73H141NO5. The van der Waals surface area contributed by atoms with Crippen molar-refractivity contribution in [3.05, 3.63) is 24.3 Å². The van der Waals surface area contributed by atoms with E-state index in [4.69, 9.17) is 4.74 Å². The first kappa shape index (κ1) is 77.3. The van der Waals surface area contributed by atoms with Crippen molar-refractivity contribution in [3.8, 4) is 0 Å². The van der Waals surface area contributed by atoms with Crippen LogP contribution in [0.1, 0.15) is 406 Å². The van der Waals surface area contributed by atoms with E-state index in [9.17, 15) is 19.8 Å². The van der Waals surface area contributed by atoms with E-state index >= 15 is 0 Å². The van der Waals surface area contributed by atoms with Gasteiger partial charge in [0.05, 0.1) is 25.4 Å². The van der Waals surface area contributed by atoms with Crippen LogP contribution in [0.25, 0.3) is 0 Å². The van der Waals surface area contributed by atoms with Gasteiger partial charge < -0.3 is 20.3 Å². The molecule has 6 nitrogen and oxygen atoms in total. The van der Waals surface area contributed by atoms with Crippen LogP contribution in [0, 0.1) is 0 Å². The van der Waals surface area contributed by atoms with E-state index < -0.39 is 12.1 Å². The Hall–Kier alpha value is -1.66. The van der Waals surface area contributed by atoms with Gasteiger partial charge in [0, 0.05) is 12.8 Å². The fourth-order valence-corrected chi connectivity index (χ4v) is 11.5.